The van der Waals surface area contributed by atoms with E-state index in [4.69, 9.17) is 18.9 Å². The Morgan fingerprint density at radius 2 is 1.93 bits per heavy atom. The molecule has 0 bridgehead atoms. The van der Waals surface area contributed by atoms with Gasteiger partial charge in [-0.25, -0.2) is 9.78 Å². The van der Waals surface area contributed by atoms with Crippen LogP contribution in [0, 0.1) is 6.92 Å². The summed E-state index contributed by atoms with van der Waals surface area (Å²) in [6.45, 7) is 7.87. The molecule has 2 aliphatic heterocycles. The molecule has 1 amide bonds. The maximum atomic E-state index is 11.9. The highest BCUT2D eigenvalue weighted by Gasteiger charge is 2.46. The highest BCUT2D eigenvalue weighted by Crippen LogP contribution is 2.34. The van der Waals surface area contributed by atoms with Gasteiger partial charge in [-0.1, -0.05) is 0 Å². The topological polar surface area (TPSA) is 68.0 Å². The third-order valence-electron chi connectivity index (χ3n) is 5.79. The number of benzene rings is 1. The van der Waals surface area contributed by atoms with E-state index < -0.39 is 0 Å². The van der Waals surface area contributed by atoms with E-state index in [1.54, 1.807) is 12.0 Å². The Balaban J connectivity index is 1.39. The van der Waals surface area contributed by atoms with Crippen molar-refractivity contribution in [2.24, 2.45) is 0 Å². The molecule has 0 N–H and O–H groups in total. The van der Waals surface area contributed by atoms with Crippen LogP contribution in [0.4, 0.5) is 4.79 Å². The zero-order valence-corrected chi connectivity index (χ0v) is 16.7. The number of carbonyl (C=O) groups is 1. The maximum absolute atomic E-state index is 11.9. The lowest BCUT2D eigenvalue weighted by molar-refractivity contribution is -0.00154. The molecule has 1 aromatic carbocycles. The number of oxazole rings is 1. The number of hydrogen-bond donors (Lipinski definition) is 0. The fraction of sp³-hybridized carbons (Fsp3) is 0.524. The second-order valence-corrected chi connectivity index (χ2v) is 7.59. The third-order valence-corrected chi connectivity index (χ3v) is 5.79. The molecule has 1 spiro atoms. The monoisotopic (exact) mass is 385 g/mol. The summed E-state index contributed by atoms with van der Waals surface area (Å²) < 4.78 is 16.8. The first kappa shape index (κ1) is 18.8. The van der Waals surface area contributed by atoms with E-state index in [-0.39, 0.29) is 11.7 Å². The van der Waals surface area contributed by atoms with Crippen LogP contribution in [0.1, 0.15) is 31.2 Å². The summed E-state index contributed by atoms with van der Waals surface area (Å²) in [7, 11) is 1.65. The minimum Gasteiger partial charge on any atom is -0.497 e. The molecule has 2 fully saturated rings. The van der Waals surface area contributed by atoms with E-state index in [9.17, 15) is 4.79 Å². The van der Waals surface area contributed by atoms with Gasteiger partial charge in [-0.05, 0) is 38.1 Å². The smallest absolute Gasteiger partial charge is 0.410 e. The molecule has 3 heterocycles. The summed E-state index contributed by atoms with van der Waals surface area (Å²) in [5.74, 6) is 2.28. The van der Waals surface area contributed by atoms with Crippen molar-refractivity contribution in [2.75, 3.05) is 33.3 Å². The molecular weight excluding hydrogens is 358 g/mol. The van der Waals surface area contributed by atoms with E-state index in [1.165, 1.54) is 0 Å². The highest BCUT2D eigenvalue weighted by molar-refractivity contribution is 5.70. The van der Waals surface area contributed by atoms with Gasteiger partial charge in [0.05, 0.1) is 19.3 Å². The van der Waals surface area contributed by atoms with E-state index >= 15 is 0 Å². The largest absolute Gasteiger partial charge is 0.497 e. The molecule has 28 heavy (non-hydrogen) atoms. The Morgan fingerprint density at radius 3 is 2.54 bits per heavy atom. The normalized spacial score (nSPS) is 19.2. The van der Waals surface area contributed by atoms with Gasteiger partial charge in [-0.3, -0.25) is 4.90 Å². The molecule has 0 unspecified atom stereocenters. The number of methoxy groups -OCH3 is 1. The predicted octanol–water partition coefficient (Wildman–Crippen LogP) is 3.47. The zero-order chi connectivity index (χ0) is 19.7. The molecule has 0 saturated carbocycles. The van der Waals surface area contributed by atoms with E-state index in [2.05, 4.69) is 4.90 Å². The summed E-state index contributed by atoms with van der Waals surface area (Å²) in [6, 6.07) is 7.71. The quantitative estimate of drug-likeness (QED) is 0.785. The van der Waals surface area contributed by atoms with E-state index in [0.717, 1.165) is 55.2 Å². The van der Waals surface area contributed by atoms with E-state index in [1.807, 2.05) is 38.1 Å². The summed E-state index contributed by atoms with van der Waals surface area (Å²) >= 11 is 0. The van der Waals surface area contributed by atoms with Crippen LogP contribution < -0.4 is 4.74 Å². The van der Waals surface area contributed by atoms with Gasteiger partial charge in [0.1, 0.15) is 17.1 Å². The molecule has 4 rings (SSSR count). The van der Waals surface area contributed by atoms with Crippen molar-refractivity contribution in [3.8, 4) is 17.2 Å². The van der Waals surface area contributed by atoms with Gasteiger partial charge in [0, 0.05) is 44.6 Å². The second kappa shape index (κ2) is 7.47. The minimum atomic E-state index is -0.309. The Bertz CT molecular complexity index is 838. The van der Waals surface area contributed by atoms with Crippen molar-refractivity contribution in [3.05, 3.63) is 35.7 Å². The molecule has 0 atom stereocenters. The molecule has 150 valence electrons. The zero-order valence-electron chi connectivity index (χ0n) is 16.7. The number of rotatable bonds is 5. The van der Waals surface area contributed by atoms with Gasteiger partial charge in [-0.2, -0.15) is 0 Å². The van der Waals surface area contributed by atoms with Crippen molar-refractivity contribution in [3.63, 3.8) is 0 Å². The number of aryl methyl sites for hydroxylation is 1. The molecule has 2 saturated heterocycles. The molecule has 7 heteroatoms. The highest BCUT2D eigenvalue weighted by atomic mass is 16.6. The Labute approximate surface area is 165 Å². The number of likely N-dealkylation sites (tertiary alicyclic amines) is 1. The number of piperidine rings is 1. The molecule has 0 radical (unpaired) electrons. The molecular formula is C21H27N3O4. The van der Waals surface area contributed by atoms with Gasteiger partial charge >= 0.3 is 6.09 Å². The van der Waals surface area contributed by atoms with Gasteiger partial charge in [-0.15, -0.1) is 0 Å². The Hall–Kier alpha value is -2.54. The van der Waals surface area contributed by atoms with Gasteiger partial charge in [0.15, 0.2) is 0 Å². The molecule has 2 aliphatic rings. The van der Waals surface area contributed by atoms with Crippen LogP contribution in [-0.2, 0) is 11.3 Å². The number of carbonyl (C=O) groups excluding carboxylic acids is 1. The Kier molecular flexibility index (Phi) is 5.02. The maximum Gasteiger partial charge on any atom is 0.410 e. The lowest BCUT2D eigenvalue weighted by Gasteiger charge is -2.37. The number of aromatic nitrogens is 1. The van der Waals surface area contributed by atoms with E-state index in [0.29, 0.717) is 19.0 Å². The molecule has 7 nitrogen and oxygen atoms in total. The number of ether oxygens (including phenoxy) is 2. The first-order valence-electron chi connectivity index (χ1n) is 9.83. The number of nitrogens with zero attached hydrogens (tertiary/aromatic N) is 3. The van der Waals surface area contributed by atoms with Crippen molar-refractivity contribution in [1.82, 2.24) is 14.8 Å². The van der Waals surface area contributed by atoms with Gasteiger partial charge in [0.25, 0.3) is 0 Å². The fourth-order valence-electron chi connectivity index (χ4n) is 3.96. The van der Waals surface area contributed by atoms with Crippen LogP contribution in [0.15, 0.2) is 28.7 Å². The van der Waals surface area contributed by atoms with Crippen LogP contribution in [0.5, 0.6) is 5.75 Å². The fourth-order valence-corrected chi connectivity index (χ4v) is 3.96. The van der Waals surface area contributed by atoms with Crippen molar-refractivity contribution in [2.45, 2.75) is 38.8 Å². The summed E-state index contributed by atoms with van der Waals surface area (Å²) in [6.07, 6.45) is 1.54. The van der Waals surface area contributed by atoms with Crippen LogP contribution in [0.2, 0.25) is 0 Å². The molecule has 2 aromatic rings. The third kappa shape index (κ3) is 3.58. The van der Waals surface area contributed by atoms with Crippen molar-refractivity contribution >= 4 is 6.09 Å². The van der Waals surface area contributed by atoms with Crippen molar-refractivity contribution in [1.29, 1.82) is 0 Å². The number of likely N-dealkylation sites (N-methyl/N-ethyl adjacent to an activating group) is 1. The number of hydrogen-bond acceptors (Lipinski definition) is 6. The first-order valence-corrected chi connectivity index (χ1v) is 9.83. The standard InChI is InChI=1S/C21H27N3O4/c1-4-24-14-21(28-20(24)25)9-11-23(12-10-21)13-18-15(2)27-19(22-18)16-5-7-17(26-3)8-6-16/h5-8H,4,9-14H2,1-3H3. The van der Waals surface area contributed by atoms with Gasteiger partial charge < -0.3 is 18.8 Å². The molecule has 1 aromatic heterocycles. The van der Waals surface area contributed by atoms with Crippen LogP contribution in [0.3, 0.4) is 0 Å². The van der Waals surface area contributed by atoms with Crippen molar-refractivity contribution < 1.29 is 18.7 Å². The predicted molar refractivity (Wildman–Crippen MR) is 104 cm³/mol. The average molecular weight is 385 g/mol. The SMILES string of the molecule is CCN1CC2(CCN(Cc3nc(-c4ccc(OC)cc4)oc3C)CC2)OC1=O. The van der Waals surface area contributed by atoms with Gasteiger partial charge in [0.2, 0.25) is 5.89 Å². The summed E-state index contributed by atoms with van der Waals surface area (Å²) in [4.78, 5) is 20.8. The lowest BCUT2D eigenvalue weighted by atomic mass is 9.91. The first-order chi connectivity index (χ1) is 13.5. The second-order valence-electron chi connectivity index (χ2n) is 7.59. The lowest BCUT2D eigenvalue weighted by Crippen LogP contribution is -2.46. The van der Waals surface area contributed by atoms with Crippen LogP contribution >= 0.6 is 0 Å². The summed E-state index contributed by atoms with van der Waals surface area (Å²) in [5, 5.41) is 0. The Morgan fingerprint density at radius 1 is 1.21 bits per heavy atom. The average Bonchev–Trinajstić information content (AvgIpc) is 3.23. The minimum absolute atomic E-state index is 0.174. The molecule has 0 aliphatic carbocycles. The summed E-state index contributed by atoms with van der Waals surface area (Å²) in [5.41, 5.74) is 1.59. The van der Waals surface area contributed by atoms with Crippen LogP contribution in [-0.4, -0.2) is 59.8 Å². The van der Waals surface area contributed by atoms with Crippen LogP contribution in [0.25, 0.3) is 11.5 Å². The number of amides is 1.